The number of likely N-dealkylation sites (N-methyl/N-ethyl adjacent to an activating group) is 1. The summed E-state index contributed by atoms with van der Waals surface area (Å²) in [5, 5.41) is 11.3. The van der Waals surface area contributed by atoms with Crippen LogP contribution in [-0.4, -0.2) is 47.9 Å². The molecule has 0 aliphatic rings. The molecule has 19 heavy (non-hydrogen) atoms. The van der Waals surface area contributed by atoms with E-state index in [4.69, 9.17) is 5.11 Å². The minimum Gasteiger partial charge on any atom is -0.478 e. The third kappa shape index (κ3) is 3.80. The second-order valence-electron chi connectivity index (χ2n) is 4.31. The minimum atomic E-state index is -1.05. The zero-order valence-corrected chi connectivity index (χ0v) is 11.0. The first-order chi connectivity index (χ1) is 8.82. The molecule has 1 aromatic rings. The van der Waals surface area contributed by atoms with Crippen molar-refractivity contribution in [3.05, 3.63) is 35.4 Å². The van der Waals surface area contributed by atoms with E-state index in [1.54, 1.807) is 21.0 Å². The second-order valence-corrected chi connectivity index (χ2v) is 4.31. The first kappa shape index (κ1) is 14.7. The van der Waals surface area contributed by atoms with Crippen LogP contribution in [0.15, 0.2) is 24.3 Å². The molecule has 1 rings (SSSR count). The first-order valence-corrected chi connectivity index (χ1v) is 5.68. The van der Waals surface area contributed by atoms with Gasteiger partial charge in [0.1, 0.15) is 6.04 Å². The standard InChI is InChI=1S/C13H16N2O4/c1-8(12(17)15(2)3)14-11(16)9-4-6-10(7-5-9)13(18)19/h4-8H,1-3H3,(H,14,16)(H,18,19)/t8-/m0/s1. The summed E-state index contributed by atoms with van der Waals surface area (Å²) in [4.78, 5) is 35.5. The molecule has 102 valence electrons. The Morgan fingerprint density at radius 2 is 1.58 bits per heavy atom. The summed E-state index contributed by atoms with van der Waals surface area (Å²) >= 11 is 0. The Hall–Kier alpha value is -2.37. The molecule has 0 bridgehead atoms. The molecule has 6 nitrogen and oxygen atoms in total. The molecule has 1 aromatic carbocycles. The number of carbonyl (C=O) groups excluding carboxylic acids is 2. The number of benzene rings is 1. The number of carboxylic acid groups (broad SMARTS) is 1. The van der Waals surface area contributed by atoms with Crippen molar-refractivity contribution in [2.75, 3.05) is 14.1 Å². The minimum absolute atomic E-state index is 0.106. The van der Waals surface area contributed by atoms with Crippen molar-refractivity contribution < 1.29 is 19.5 Å². The Balaban J connectivity index is 2.73. The van der Waals surface area contributed by atoms with Crippen LogP contribution in [-0.2, 0) is 4.79 Å². The number of carboxylic acids is 1. The van der Waals surface area contributed by atoms with Gasteiger partial charge in [-0.05, 0) is 31.2 Å². The zero-order valence-electron chi connectivity index (χ0n) is 11.0. The fourth-order valence-electron chi connectivity index (χ4n) is 1.49. The van der Waals surface area contributed by atoms with Crippen molar-refractivity contribution in [3.8, 4) is 0 Å². The maximum atomic E-state index is 11.8. The Kier molecular flexibility index (Phi) is 4.63. The van der Waals surface area contributed by atoms with Gasteiger partial charge in [-0.3, -0.25) is 9.59 Å². The van der Waals surface area contributed by atoms with E-state index in [0.29, 0.717) is 5.56 Å². The van der Waals surface area contributed by atoms with Crippen molar-refractivity contribution in [1.29, 1.82) is 0 Å². The van der Waals surface area contributed by atoms with Gasteiger partial charge in [0, 0.05) is 19.7 Å². The molecule has 0 saturated carbocycles. The maximum absolute atomic E-state index is 11.8. The molecular formula is C13H16N2O4. The molecule has 0 spiro atoms. The highest BCUT2D eigenvalue weighted by atomic mass is 16.4. The number of nitrogens with one attached hydrogen (secondary N) is 1. The van der Waals surface area contributed by atoms with Crippen molar-refractivity contribution in [2.45, 2.75) is 13.0 Å². The predicted octanol–water partition coefficient (Wildman–Crippen LogP) is 0.591. The highest BCUT2D eigenvalue weighted by Crippen LogP contribution is 2.05. The number of aromatic carboxylic acids is 1. The van der Waals surface area contributed by atoms with Gasteiger partial charge in [0.15, 0.2) is 0 Å². The van der Waals surface area contributed by atoms with Gasteiger partial charge in [0.25, 0.3) is 5.91 Å². The Labute approximate surface area is 111 Å². The Bertz CT molecular complexity index is 494. The van der Waals surface area contributed by atoms with E-state index in [2.05, 4.69) is 5.32 Å². The molecule has 2 N–H and O–H groups in total. The van der Waals surface area contributed by atoms with E-state index in [1.807, 2.05) is 0 Å². The Morgan fingerprint density at radius 3 is 2.00 bits per heavy atom. The lowest BCUT2D eigenvalue weighted by molar-refractivity contribution is -0.130. The SMILES string of the molecule is C[C@H](NC(=O)c1ccc(C(=O)O)cc1)C(=O)N(C)C. The normalized spacial score (nSPS) is 11.5. The van der Waals surface area contributed by atoms with Crippen LogP contribution < -0.4 is 5.32 Å². The van der Waals surface area contributed by atoms with Crippen LogP contribution in [0.5, 0.6) is 0 Å². The fraction of sp³-hybridized carbons (Fsp3) is 0.308. The third-order valence-electron chi connectivity index (χ3n) is 2.55. The van der Waals surface area contributed by atoms with Gasteiger partial charge in [-0.1, -0.05) is 0 Å². The largest absolute Gasteiger partial charge is 0.478 e. The summed E-state index contributed by atoms with van der Waals surface area (Å²) in [6.45, 7) is 1.59. The molecule has 0 aromatic heterocycles. The maximum Gasteiger partial charge on any atom is 0.335 e. The molecule has 0 heterocycles. The molecule has 6 heteroatoms. The van der Waals surface area contributed by atoms with E-state index < -0.39 is 17.9 Å². The number of hydrogen-bond acceptors (Lipinski definition) is 3. The number of nitrogens with zero attached hydrogens (tertiary/aromatic N) is 1. The lowest BCUT2D eigenvalue weighted by Gasteiger charge is -2.17. The van der Waals surface area contributed by atoms with Gasteiger partial charge in [-0.2, -0.15) is 0 Å². The molecular weight excluding hydrogens is 248 g/mol. The van der Waals surface area contributed by atoms with Gasteiger partial charge in [0.05, 0.1) is 5.56 Å². The molecule has 0 fully saturated rings. The summed E-state index contributed by atoms with van der Waals surface area (Å²) in [6.07, 6.45) is 0. The second kappa shape index (κ2) is 5.99. The smallest absolute Gasteiger partial charge is 0.335 e. The number of amides is 2. The van der Waals surface area contributed by atoms with E-state index in [-0.39, 0.29) is 11.5 Å². The van der Waals surface area contributed by atoms with E-state index >= 15 is 0 Å². The highest BCUT2D eigenvalue weighted by molar-refractivity contribution is 5.98. The summed E-state index contributed by atoms with van der Waals surface area (Å²) in [6, 6.07) is 4.87. The fourth-order valence-corrected chi connectivity index (χ4v) is 1.49. The van der Waals surface area contributed by atoms with Crippen LogP contribution in [0.2, 0.25) is 0 Å². The zero-order chi connectivity index (χ0) is 14.6. The molecule has 1 atom stereocenters. The summed E-state index contributed by atoms with van der Waals surface area (Å²) in [7, 11) is 3.21. The average Bonchev–Trinajstić information content (AvgIpc) is 2.37. The third-order valence-corrected chi connectivity index (χ3v) is 2.55. The summed E-state index contributed by atoms with van der Waals surface area (Å²) in [5.41, 5.74) is 0.414. The first-order valence-electron chi connectivity index (χ1n) is 5.68. The molecule has 0 aliphatic heterocycles. The lowest BCUT2D eigenvalue weighted by Crippen LogP contribution is -2.44. The van der Waals surface area contributed by atoms with Gasteiger partial charge >= 0.3 is 5.97 Å². The average molecular weight is 264 g/mol. The number of rotatable bonds is 4. The van der Waals surface area contributed by atoms with E-state index in [9.17, 15) is 14.4 Å². The van der Waals surface area contributed by atoms with E-state index in [0.717, 1.165) is 0 Å². The van der Waals surface area contributed by atoms with Gasteiger partial charge in [0.2, 0.25) is 5.91 Å². The van der Waals surface area contributed by atoms with Crippen LogP contribution in [0.1, 0.15) is 27.6 Å². The van der Waals surface area contributed by atoms with Crippen LogP contribution in [0, 0.1) is 0 Å². The van der Waals surface area contributed by atoms with Crippen molar-refractivity contribution in [1.82, 2.24) is 10.2 Å². The molecule has 0 radical (unpaired) electrons. The summed E-state index contributed by atoms with van der Waals surface area (Å²) < 4.78 is 0. The number of carbonyl (C=O) groups is 3. The quantitative estimate of drug-likeness (QED) is 0.833. The van der Waals surface area contributed by atoms with Crippen molar-refractivity contribution in [2.24, 2.45) is 0 Å². The highest BCUT2D eigenvalue weighted by Gasteiger charge is 2.18. The van der Waals surface area contributed by atoms with Gasteiger partial charge in [-0.25, -0.2) is 4.79 Å². The van der Waals surface area contributed by atoms with Crippen LogP contribution >= 0.6 is 0 Å². The van der Waals surface area contributed by atoms with Crippen LogP contribution in [0.25, 0.3) is 0 Å². The summed E-state index contributed by atoms with van der Waals surface area (Å²) in [5.74, 6) is -1.68. The molecule has 0 saturated heterocycles. The monoisotopic (exact) mass is 264 g/mol. The van der Waals surface area contributed by atoms with Gasteiger partial charge < -0.3 is 15.3 Å². The molecule has 2 amide bonds. The number of hydrogen-bond donors (Lipinski definition) is 2. The topological polar surface area (TPSA) is 86.7 Å². The molecule has 0 aliphatic carbocycles. The lowest BCUT2D eigenvalue weighted by atomic mass is 10.1. The van der Waals surface area contributed by atoms with Crippen LogP contribution in [0.4, 0.5) is 0 Å². The van der Waals surface area contributed by atoms with Crippen molar-refractivity contribution >= 4 is 17.8 Å². The van der Waals surface area contributed by atoms with Crippen molar-refractivity contribution in [3.63, 3.8) is 0 Å². The van der Waals surface area contributed by atoms with Gasteiger partial charge in [-0.15, -0.1) is 0 Å². The predicted molar refractivity (Wildman–Crippen MR) is 69.0 cm³/mol. The Morgan fingerprint density at radius 1 is 1.11 bits per heavy atom. The van der Waals surface area contributed by atoms with E-state index in [1.165, 1.54) is 29.2 Å². The van der Waals surface area contributed by atoms with Crippen LogP contribution in [0.3, 0.4) is 0 Å². The molecule has 0 unspecified atom stereocenters.